The fraction of sp³-hybridized carbons (Fsp3) is 0. The van der Waals surface area contributed by atoms with E-state index in [9.17, 15) is 0 Å². The topological polar surface area (TPSA) is 168 Å². The monoisotopic (exact) mass is 514 g/mol. The second-order valence-corrected chi connectivity index (χ2v) is 8.03. The van der Waals surface area contributed by atoms with Crippen LogP contribution in [-0.2, 0) is 0 Å². The summed E-state index contributed by atoms with van der Waals surface area (Å²) in [6, 6.07) is 17.9. The molecule has 0 N–H and O–H groups in total. The van der Waals surface area contributed by atoms with Crippen LogP contribution in [0.4, 0.5) is 0 Å². The number of nitrogens with zero attached hydrogens (tertiary/aromatic N) is 10. The zero-order valence-electron chi connectivity index (χ0n) is 19.8. The molecule has 7 heterocycles. The molecule has 0 fully saturated rings. The summed E-state index contributed by atoms with van der Waals surface area (Å²) in [7, 11) is 0. The highest BCUT2D eigenvalue weighted by molar-refractivity contribution is 5.60. The highest BCUT2D eigenvalue weighted by atomic mass is 16.4. The summed E-state index contributed by atoms with van der Waals surface area (Å²) >= 11 is 0. The minimum Gasteiger partial charge on any atom is -0.415 e. The van der Waals surface area contributed by atoms with E-state index < -0.39 is 0 Å². The van der Waals surface area contributed by atoms with Gasteiger partial charge in [-0.3, -0.25) is 19.9 Å². The van der Waals surface area contributed by atoms with Crippen molar-refractivity contribution >= 4 is 0 Å². The van der Waals surface area contributed by atoms with E-state index >= 15 is 0 Å². The fourth-order valence-electron chi connectivity index (χ4n) is 3.59. The lowest BCUT2D eigenvalue weighted by Gasteiger charge is -1.98. The van der Waals surface area contributed by atoms with E-state index in [4.69, 9.17) is 13.3 Å². The maximum Gasteiger partial charge on any atom is 0.266 e. The molecule has 13 nitrogen and oxygen atoms in total. The van der Waals surface area contributed by atoms with Gasteiger partial charge in [-0.1, -0.05) is 12.1 Å². The molecule has 7 aromatic rings. The fourth-order valence-corrected chi connectivity index (χ4v) is 3.59. The first-order valence-electron chi connectivity index (χ1n) is 11.6. The van der Waals surface area contributed by atoms with E-state index in [-0.39, 0.29) is 11.8 Å². The minimum atomic E-state index is 0.235. The standard InChI is InChI=1S/C26H14N10O3/c1-3-11-27-17(5-1)23-33-31-21(37-23)15-7-9-19(29-13-15)25-35-36-26(39-25)20-10-8-16(14-30-20)22-32-34-24(38-22)18-6-2-4-12-28-18/h1-14H. The van der Waals surface area contributed by atoms with Crippen molar-refractivity contribution in [1.29, 1.82) is 0 Å². The lowest BCUT2D eigenvalue weighted by molar-refractivity contribution is 0.577. The van der Waals surface area contributed by atoms with Gasteiger partial charge in [-0.05, 0) is 48.5 Å². The molecule has 13 heteroatoms. The van der Waals surface area contributed by atoms with Gasteiger partial charge in [0.15, 0.2) is 0 Å². The van der Waals surface area contributed by atoms with Crippen LogP contribution in [0.25, 0.3) is 69.2 Å². The minimum absolute atomic E-state index is 0.235. The molecule has 0 bridgehead atoms. The molecule has 7 aromatic heterocycles. The normalized spacial score (nSPS) is 11.1. The van der Waals surface area contributed by atoms with Gasteiger partial charge in [0, 0.05) is 24.8 Å². The first-order valence-corrected chi connectivity index (χ1v) is 11.6. The van der Waals surface area contributed by atoms with Crippen molar-refractivity contribution in [2.45, 2.75) is 0 Å². The van der Waals surface area contributed by atoms with E-state index in [1.807, 2.05) is 24.3 Å². The summed E-state index contributed by atoms with van der Waals surface area (Å²) in [5, 5.41) is 24.5. The van der Waals surface area contributed by atoms with Gasteiger partial charge >= 0.3 is 0 Å². The molecule has 7 rings (SSSR count). The average molecular weight is 514 g/mol. The molecule has 39 heavy (non-hydrogen) atoms. The smallest absolute Gasteiger partial charge is 0.266 e. The Labute approximate surface area is 218 Å². The van der Waals surface area contributed by atoms with Crippen molar-refractivity contribution in [2.75, 3.05) is 0 Å². The zero-order chi connectivity index (χ0) is 26.0. The van der Waals surface area contributed by atoms with E-state index in [0.29, 0.717) is 57.5 Å². The third-order valence-corrected chi connectivity index (χ3v) is 5.50. The summed E-state index contributed by atoms with van der Waals surface area (Å²) < 4.78 is 17.3. The lowest BCUT2D eigenvalue weighted by Crippen LogP contribution is -1.85. The molecule has 0 saturated heterocycles. The highest BCUT2D eigenvalue weighted by Crippen LogP contribution is 2.27. The predicted molar refractivity (Wildman–Crippen MR) is 134 cm³/mol. The average Bonchev–Trinajstić information content (AvgIpc) is 3.80. The Kier molecular flexibility index (Phi) is 5.40. The molecule has 0 aliphatic carbocycles. The molecule has 0 saturated carbocycles. The van der Waals surface area contributed by atoms with Crippen molar-refractivity contribution < 1.29 is 13.3 Å². The third-order valence-electron chi connectivity index (χ3n) is 5.50. The predicted octanol–water partition coefficient (Wildman–Crippen LogP) is 4.42. The molecule has 0 amide bonds. The summed E-state index contributed by atoms with van der Waals surface area (Å²) in [5.41, 5.74) is 3.41. The number of pyridine rings is 4. The van der Waals surface area contributed by atoms with Crippen LogP contribution in [0.15, 0.2) is 98.7 Å². The summed E-state index contributed by atoms with van der Waals surface area (Å²) in [4.78, 5) is 17.2. The van der Waals surface area contributed by atoms with Crippen LogP contribution in [0.3, 0.4) is 0 Å². The van der Waals surface area contributed by atoms with Gasteiger partial charge in [0.2, 0.25) is 11.8 Å². The molecular weight excluding hydrogens is 500 g/mol. The van der Waals surface area contributed by atoms with Crippen LogP contribution >= 0.6 is 0 Å². The third kappa shape index (κ3) is 4.40. The number of hydrogen-bond acceptors (Lipinski definition) is 13. The molecule has 0 unspecified atom stereocenters. The van der Waals surface area contributed by atoms with Gasteiger partial charge in [-0.25, -0.2) is 0 Å². The van der Waals surface area contributed by atoms with Crippen molar-refractivity contribution in [3.8, 4) is 69.2 Å². The molecule has 0 radical (unpaired) electrons. The Balaban J connectivity index is 1.07. The van der Waals surface area contributed by atoms with Crippen molar-refractivity contribution in [3.63, 3.8) is 0 Å². The Bertz CT molecular complexity index is 1710. The first-order chi connectivity index (χ1) is 19.3. The van der Waals surface area contributed by atoms with E-state index in [1.165, 1.54) is 0 Å². The SMILES string of the molecule is c1ccc(-c2nnc(-c3ccc(-c4nnc(-c5ccc(-c6nnc(-c7ccccn7)o6)cn5)o4)nc3)o2)nc1. The van der Waals surface area contributed by atoms with Crippen LogP contribution in [0.2, 0.25) is 0 Å². The van der Waals surface area contributed by atoms with Crippen molar-refractivity contribution in [2.24, 2.45) is 0 Å². The van der Waals surface area contributed by atoms with Crippen LogP contribution in [0.1, 0.15) is 0 Å². The summed E-state index contributed by atoms with van der Waals surface area (Å²) in [5.74, 6) is 1.75. The maximum atomic E-state index is 5.80. The van der Waals surface area contributed by atoms with Crippen LogP contribution in [0, 0.1) is 0 Å². The Morgan fingerprint density at radius 2 is 0.744 bits per heavy atom. The molecule has 0 aliphatic rings. The molecule has 0 spiro atoms. The molecule has 0 aromatic carbocycles. The van der Waals surface area contributed by atoms with Crippen LogP contribution < -0.4 is 0 Å². The number of aromatic nitrogens is 10. The van der Waals surface area contributed by atoms with Crippen LogP contribution in [0.5, 0.6) is 0 Å². The van der Waals surface area contributed by atoms with Gasteiger partial charge < -0.3 is 13.3 Å². The number of rotatable bonds is 6. The maximum absolute atomic E-state index is 5.80. The molecule has 0 atom stereocenters. The second-order valence-electron chi connectivity index (χ2n) is 8.03. The Morgan fingerprint density at radius 3 is 1.10 bits per heavy atom. The van der Waals surface area contributed by atoms with Crippen molar-refractivity contribution in [3.05, 3.63) is 85.5 Å². The van der Waals surface area contributed by atoms with Gasteiger partial charge in [0.1, 0.15) is 22.8 Å². The number of hydrogen-bond donors (Lipinski definition) is 0. The summed E-state index contributed by atoms with van der Waals surface area (Å²) in [6.45, 7) is 0. The molecule has 0 aliphatic heterocycles. The quantitative estimate of drug-likeness (QED) is 0.306. The van der Waals surface area contributed by atoms with Gasteiger partial charge in [0.25, 0.3) is 23.6 Å². The Hall–Kier alpha value is -5.98. The van der Waals surface area contributed by atoms with Crippen molar-refractivity contribution in [1.82, 2.24) is 50.5 Å². The van der Waals surface area contributed by atoms with E-state index in [2.05, 4.69) is 50.5 Å². The van der Waals surface area contributed by atoms with Gasteiger partial charge in [0.05, 0.1) is 11.1 Å². The van der Waals surface area contributed by atoms with E-state index in [0.717, 1.165) is 0 Å². The van der Waals surface area contributed by atoms with E-state index in [1.54, 1.807) is 61.2 Å². The summed E-state index contributed by atoms with van der Waals surface area (Å²) in [6.07, 6.45) is 6.49. The molecule has 186 valence electrons. The molecular formula is C26H14N10O3. The largest absolute Gasteiger partial charge is 0.415 e. The van der Waals surface area contributed by atoms with Gasteiger partial charge in [-0.2, -0.15) is 0 Å². The van der Waals surface area contributed by atoms with Gasteiger partial charge in [-0.15, -0.1) is 30.6 Å². The Morgan fingerprint density at radius 1 is 0.359 bits per heavy atom. The van der Waals surface area contributed by atoms with Crippen LogP contribution in [-0.4, -0.2) is 50.5 Å². The highest BCUT2D eigenvalue weighted by Gasteiger charge is 2.17. The lowest BCUT2D eigenvalue weighted by atomic mass is 10.2. The second kappa shape index (κ2) is 9.48. The first kappa shape index (κ1) is 22.2. The zero-order valence-corrected chi connectivity index (χ0v) is 19.8.